The molecule has 2 bridgehead atoms. The zero-order valence-electron chi connectivity index (χ0n) is 26.2. The number of likely N-dealkylation sites (tertiary alicyclic amines) is 1. The molecular weight excluding hydrogens is 619 g/mol. The molecule has 0 spiro atoms. The molecule has 4 fully saturated rings. The van der Waals surface area contributed by atoms with E-state index in [9.17, 15) is 19.0 Å². The van der Waals surface area contributed by atoms with E-state index in [1.165, 1.54) is 31.3 Å². The quantitative estimate of drug-likeness (QED) is 0.227. The predicted octanol–water partition coefficient (Wildman–Crippen LogP) is 6.31. The highest BCUT2D eigenvalue weighted by molar-refractivity contribution is 6.36. The van der Waals surface area contributed by atoms with Crippen molar-refractivity contribution in [2.45, 2.75) is 75.7 Å². The number of phenols is 1. The number of amidine groups is 1. The number of fused-ring (bicyclic) bond motifs is 4. The topological polar surface area (TPSA) is 92.9 Å². The SMILES string of the molecule is C=C(\N=C(/N=C(CC)/C(F)=C(\NC)c1cc(O)cc2ccc(F)c(Cl)c12)OC[C@@]12CCCN1C[C@H](F)C2)N1CC2CC(O)CC1C2. The molecule has 46 heavy (non-hydrogen) atoms. The number of hydrogen-bond acceptors (Lipinski definition) is 7. The van der Waals surface area contributed by atoms with Gasteiger partial charge in [0.05, 0.1) is 28.1 Å². The Morgan fingerprint density at radius 1 is 1.22 bits per heavy atom. The standard InChI is InChI=1S/C34H41ClF3N5O3/c1-4-28(31(38)32(39-3)26-14-25(45)12-21-6-7-27(37)30(35)29(21)26)41-33(46-18-34-8-5-9-42(34)17-22(36)15-34)40-19(2)43-16-20-10-23(43)13-24(44)11-20/h6-7,12,14,20,22-24,39,44-45H,2,4-5,8-11,13,15-18H2,1,3H3/b32-31+,40-33+,41-28+/t20?,22-,23?,24?,34+/m1/s1. The van der Waals surface area contributed by atoms with Gasteiger partial charge < -0.3 is 25.2 Å². The lowest BCUT2D eigenvalue weighted by atomic mass is 9.88. The van der Waals surface area contributed by atoms with E-state index in [0.29, 0.717) is 43.1 Å². The van der Waals surface area contributed by atoms with Gasteiger partial charge >= 0.3 is 6.02 Å². The average molecular weight is 660 g/mol. The Labute approximate surface area is 272 Å². The summed E-state index contributed by atoms with van der Waals surface area (Å²) in [6.45, 7) is 7.91. The van der Waals surface area contributed by atoms with Crippen LogP contribution in [0.2, 0.25) is 5.02 Å². The minimum Gasteiger partial charge on any atom is -0.508 e. The summed E-state index contributed by atoms with van der Waals surface area (Å²) in [4.78, 5) is 13.4. The second-order valence-electron chi connectivity index (χ2n) is 13.0. The number of halogens is 4. The Kier molecular flexibility index (Phi) is 9.29. The fourth-order valence-corrected chi connectivity index (χ4v) is 8.19. The summed E-state index contributed by atoms with van der Waals surface area (Å²) in [5, 5.41) is 24.1. The first-order valence-electron chi connectivity index (χ1n) is 16.0. The molecule has 5 atom stereocenters. The third-order valence-corrected chi connectivity index (χ3v) is 10.4. The van der Waals surface area contributed by atoms with Crippen LogP contribution in [0.25, 0.3) is 16.5 Å². The summed E-state index contributed by atoms with van der Waals surface area (Å²) in [7, 11) is 1.51. The van der Waals surface area contributed by atoms with Gasteiger partial charge in [-0.1, -0.05) is 31.2 Å². The minimum atomic E-state index is -0.948. The first kappa shape index (κ1) is 32.7. The molecule has 3 N–H and O–H groups in total. The Bertz CT molecular complexity index is 1620. The van der Waals surface area contributed by atoms with E-state index in [0.717, 1.165) is 32.2 Å². The van der Waals surface area contributed by atoms with Crippen LogP contribution in [0.5, 0.6) is 5.75 Å². The number of ether oxygens (including phenoxy) is 1. The fourth-order valence-electron chi connectivity index (χ4n) is 7.91. The molecule has 2 aromatic rings. The van der Waals surface area contributed by atoms with Gasteiger partial charge in [0.25, 0.3) is 0 Å². The van der Waals surface area contributed by atoms with Crippen LogP contribution in [0.4, 0.5) is 13.2 Å². The highest BCUT2D eigenvalue weighted by Crippen LogP contribution is 2.41. The van der Waals surface area contributed by atoms with Gasteiger partial charge in [0.15, 0.2) is 5.83 Å². The van der Waals surface area contributed by atoms with Gasteiger partial charge in [0, 0.05) is 43.5 Å². The molecule has 2 aromatic carbocycles. The summed E-state index contributed by atoms with van der Waals surface area (Å²) in [6.07, 6.45) is 3.15. The van der Waals surface area contributed by atoms with Gasteiger partial charge in [0.1, 0.15) is 30.2 Å². The van der Waals surface area contributed by atoms with E-state index in [1.54, 1.807) is 6.92 Å². The van der Waals surface area contributed by atoms with E-state index < -0.39 is 23.4 Å². The number of alkyl halides is 1. The second-order valence-corrected chi connectivity index (χ2v) is 13.4. The smallest absolute Gasteiger partial charge is 0.318 e. The molecule has 4 aliphatic rings. The van der Waals surface area contributed by atoms with Crippen molar-refractivity contribution in [2.24, 2.45) is 15.9 Å². The molecule has 12 heteroatoms. The lowest BCUT2D eigenvalue weighted by Crippen LogP contribution is -2.43. The predicted molar refractivity (Wildman–Crippen MR) is 175 cm³/mol. The van der Waals surface area contributed by atoms with Gasteiger partial charge in [-0.05, 0) is 74.6 Å². The molecule has 3 unspecified atom stereocenters. The summed E-state index contributed by atoms with van der Waals surface area (Å²) >= 11 is 6.35. The monoisotopic (exact) mass is 659 g/mol. The van der Waals surface area contributed by atoms with Crippen molar-refractivity contribution < 1.29 is 28.1 Å². The van der Waals surface area contributed by atoms with Crippen LogP contribution < -0.4 is 5.32 Å². The zero-order valence-corrected chi connectivity index (χ0v) is 27.0. The number of hydrogen-bond donors (Lipinski definition) is 3. The van der Waals surface area contributed by atoms with Gasteiger partial charge in [-0.2, -0.15) is 9.98 Å². The summed E-state index contributed by atoms with van der Waals surface area (Å²) in [5.41, 5.74) is -0.381. The van der Waals surface area contributed by atoms with Gasteiger partial charge in [-0.3, -0.25) is 4.90 Å². The first-order chi connectivity index (χ1) is 22.0. The van der Waals surface area contributed by atoms with Crippen molar-refractivity contribution in [1.29, 1.82) is 0 Å². The highest BCUT2D eigenvalue weighted by atomic mass is 35.5. The summed E-state index contributed by atoms with van der Waals surface area (Å²) in [5.74, 6) is -0.843. The second kappa shape index (κ2) is 13.1. The van der Waals surface area contributed by atoms with Crippen LogP contribution >= 0.6 is 11.6 Å². The molecule has 0 amide bonds. The van der Waals surface area contributed by atoms with Gasteiger partial charge in [-0.25, -0.2) is 13.2 Å². The molecule has 3 saturated heterocycles. The number of nitrogens with zero attached hydrogens (tertiary/aromatic N) is 4. The van der Waals surface area contributed by atoms with E-state index >= 15 is 4.39 Å². The van der Waals surface area contributed by atoms with Crippen LogP contribution in [0.15, 0.2) is 52.5 Å². The largest absolute Gasteiger partial charge is 0.508 e. The van der Waals surface area contributed by atoms with Crippen molar-refractivity contribution >= 4 is 39.8 Å². The maximum atomic E-state index is 16.6. The van der Waals surface area contributed by atoms with Crippen LogP contribution in [0, 0.1) is 11.7 Å². The Morgan fingerprint density at radius 3 is 2.78 bits per heavy atom. The Balaban J connectivity index is 1.39. The molecule has 6 rings (SSSR count). The maximum absolute atomic E-state index is 16.6. The lowest BCUT2D eigenvalue weighted by Gasteiger charge is -2.31. The van der Waals surface area contributed by atoms with E-state index in [2.05, 4.69) is 31.7 Å². The van der Waals surface area contributed by atoms with Crippen LogP contribution in [0.3, 0.4) is 0 Å². The Morgan fingerprint density at radius 2 is 2.02 bits per heavy atom. The van der Waals surface area contributed by atoms with Crippen molar-refractivity contribution in [1.82, 2.24) is 15.1 Å². The number of aromatic hydroxyl groups is 1. The maximum Gasteiger partial charge on any atom is 0.318 e. The van der Waals surface area contributed by atoms with Gasteiger partial charge in [-0.15, -0.1) is 0 Å². The van der Waals surface area contributed by atoms with Crippen LogP contribution in [-0.2, 0) is 4.74 Å². The molecule has 0 aromatic heterocycles. The highest BCUT2D eigenvalue weighted by Gasteiger charge is 2.49. The first-order valence-corrected chi connectivity index (χ1v) is 16.4. The molecule has 8 nitrogen and oxygen atoms in total. The molecule has 3 aliphatic heterocycles. The molecule has 1 saturated carbocycles. The number of aliphatic imine (C=N–C) groups is 2. The van der Waals surface area contributed by atoms with Crippen molar-refractivity contribution in [3.8, 4) is 5.75 Å². The average Bonchev–Trinajstić information content (AvgIpc) is 3.64. The van der Waals surface area contributed by atoms with Crippen LogP contribution in [-0.4, -0.2) is 88.9 Å². The number of allylic oxidation sites excluding steroid dienone is 1. The van der Waals surface area contributed by atoms with Crippen molar-refractivity contribution in [3.05, 3.63) is 58.9 Å². The number of phenolic OH excluding ortho intramolecular Hbond substituents is 1. The van der Waals surface area contributed by atoms with Crippen molar-refractivity contribution in [3.63, 3.8) is 0 Å². The summed E-state index contributed by atoms with van der Waals surface area (Å²) in [6, 6.07) is 5.39. The summed E-state index contributed by atoms with van der Waals surface area (Å²) < 4.78 is 51.9. The molecule has 1 aliphatic carbocycles. The third kappa shape index (κ3) is 6.21. The number of rotatable bonds is 8. The normalized spacial score (nSPS) is 28.9. The van der Waals surface area contributed by atoms with Gasteiger partial charge in [0.2, 0.25) is 0 Å². The van der Waals surface area contributed by atoms with E-state index in [1.807, 2.05) is 0 Å². The van der Waals surface area contributed by atoms with Crippen LogP contribution in [0.1, 0.15) is 57.4 Å². The van der Waals surface area contributed by atoms with E-state index in [4.69, 9.17) is 16.3 Å². The van der Waals surface area contributed by atoms with E-state index in [-0.39, 0.29) is 64.3 Å². The molecular formula is C34H41ClF3N5O3. The van der Waals surface area contributed by atoms with Crippen molar-refractivity contribution in [2.75, 3.05) is 33.3 Å². The number of nitrogens with one attached hydrogen (secondary N) is 1. The molecule has 3 heterocycles. The number of benzene rings is 2. The minimum absolute atomic E-state index is 0.00827. The molecule has 248 valence electrons. The lowest BCUT2D eigenvalue weighted by molar-refractivity contribution is 0.101. The number of aliphatic hydroxyl groups excluding tert-OH is 1. The number of aliphatic hydroxyl groups is 1. The Hall–Kier alpha value is -3.28. The fraction of sp³-hybridized carbons (Fsp3) is 0.529. The zero-order chi connectivity index (χ0) is 32.7. The molecule has 0 radical (unpaired) electrons. The third-order valence-electron chi connectivity index (χ3n) is 9.99.